The van der Waals surface area contributed by atoms with E-state index in [0.29, 0.717) is 41.1 Å². The fourth-order valence-electron chi connectivity index (χ4n) is 5.10. The number of rotatable bonds is 9. The molecule has 0 radical (unpaired) electrons. The van der Waals surface area contributed by atoms with Gasteiger partial charge in [0.25, 0.3) is 0 Å². The molecule has 1 atom stereocenters. The van der Waals surface area contributed by atoms with Crippen molar-refractivity contribution in [2.75, 3.05) is 24.6 Å². The highest BCUT2D eigenvalue weighted by molar-refractivity contribution is 5.86. The SMILES string of the molecule is Cc1ccc(CCOc2ncc(-c3cnc(C)c([C@H](OC(C)(C)C)C(=O)O)c3N3CCC(C)(C)CC3)cc2F)cc1. The second-order valence-electron chi connectivity index (χ2n) is 12.7. The second kappa shape index (κ2) is 12.1. The van der Waals surface area contributed by atoms with Crippen molar-refractivity contribution >= 4 is 11.7 Å². The fraction of sp³-hybridized carbons (Fsp3) is 0.485. The number of ether oxygens (including phenoxy) is 2. The molecule has 1 fully saturated rings. The van der Waals surface area contributed by atoms with Crippen molar-refractivity contribution in [3.8, 4) is 17.0 Å². The summed E-state index contributed by atoms with van der Waals surface area (Å²) in [5, 5.41) is 10.3. The number of aromatic nitrogens is 2. The predicted octanol–water partition coefficient (Wildman–Crippen LogP) is 7.09. The van der Waals surface area contributed by atoms with Crippen LogP contribution in [0.15, 0.2) is 42.7 Å². The lowest BCUT2D eigenvalue weighted by Gasteiger charge is -2.40. The largest absolute Gasteiger partial charge is 0.479 e. The lowest BCUT2D eigenvalue weighted by molar-refractivity contribution is -0.160. The number of carbonyl (C=O) groups is 1. The highest BCUT2D eigenvalue weighted by Gasteiger charge is 2.36. The molecule has 0 amide bonds. The van der Waals surface area contributed by atoms with Crippen molar-refractivity contribution in [2.24, 2.45) is 5.41 Å². The van der Waals surface area contributed by atoms with E-state index in [0.717, 1.165) is 31.5 Å². The van der Waals surface area contributed by atoms with Gasteiger partial charge in [-0.05, 0) is 64.5 Å². The first-order chi connectivity index (χ1) is 19.2. The molecule has 1 N–H and O–H groups in total. The maximum Gasteiger partial charge on any atom is 0.337 e. The molecular formula is C33H42FN3O4. The van der Waals surface area contributed by atoms with Crippen molar-refractivity contribution in [2.45, 2.75) is 79.4 Å². The Morgan fingerprint density at radius 3 is 2.34 bits per heavy atom. The molecule has 0 aliphatic carbocycles. The van der Waals surface area contributed by atoms with Crippen LogP contribution in [0.4, 0.5) is 10.1 Å². The summed E-state index contributed by atoms with van der Waals surface area (Å²) in [6.45, 7) is 15.5. The van der Waals surface area contributed by atoms with Gasteiger partial charge in [-0.15, -0.1) is 0 Å². The van der Waals surface area contributed by atoms with Crippen LogP contribution in [-0.4, -0.2) is 46.3 Å². The van der Waals surface area contributed by atoms with E-state index in [-0.39, 0.29) is 11.3 Å². The lowest BCUT2D eigenvalue weighted by atomic mass is 9.82. The van der Waals surface area contributed by atoms with Crippen LogP contribution in [0.3, 0.4) is 0 Å². The molecule has 2 aromatic heterocycles. The molecule has 1 aromatic carbocycles. The van der Waals surface area contributed by atoms with E-state index in [9.17, 15) is 9.90 Å². The second-order valence-corrected chi connectivity index (χ2v) is 12.7. The zero-order chi connectivity index (χ0) is 29.9. The zero-order valence-electron chi connectivity index (χ0n) is 25.3. The molecular weight excluding hydrogens is 521 g/mol. The quantitative estimate of drug-likeness (QED) is 0.298. The first kappa shape index (κ1) is 30.4. The van der Waals surface area contributed by atoms with Gasteiger partial charge in [0.05, 0.1) is 17.9 Å². The Kier molecular flexibility index (Phi) is 9.02. The maximum absolute atomic E-state index is 15.3. The molecule has 0 bridgehead atoms. The molecule has 1 aliphatic rings. The van der Waals surface area contributed by atoms with E-state index in [4.69, 9.17) is 9.47 Å². The normalized spacial score (nSPS) is 16.0. The van der Waals surface area contributed by atoms with Gasteiger partial charge in [-0.25, -0.2) is 14.2 Å². The van der Waals surface area contributed by atoms with Crippen LogP contribution >= 0.6 is 0 Å². The van der Waals surface area contributed by atoms with Crippen LogP contribution in [0.2, 0.25) is 0 Å². The summed E-state index contributed by atoms with van der Waals surface area (Å²) in [6.07, 6.45) is 4.51. The number of piperidine rings is 1. The van der Waals surface area contributed by atoms with Gasteiger partial charge in [0.2, 0.25) is 5.88 Å². The van der Waals surface area contributed by atoms with Crippen molar-refractivity contribution in [1.82, 2.24) is 9.97 Å². The molecule has 4 rings (SSSR count). The van der Waals surface area contributed by atoms with Crippen LogP contribution in [0.5, 0.6) is 5.88 Å². The minimum Gasteiger partial charge on any atom is -0.479 e. The molecule has 0 saturated carbocycles. The van der Waals surface area contributed by atoms with Crippen LogP contribution in [-0.2, 0) is 16.0 Å². The van der Waals surface area contributed by atoms with Gasteiger partial charge >= 0.3 is 5.97 Å². The van der Waals surface area contributed by atoms with Gasteiger partial charge < -0.3 is 19.5 Å². The van der Waals surface area contributed by atoms with E-state index < -0.39 is 23.5 Å². The third-order valence-electron chi connectivity index (χ3n) is 7.55. The number of pyridine rings is 2. The Morgan fingerprint density at radius 1 is 1.10 bits per heavy atom. The Labute approximate surface area is 242 Å². The summed E-state index contributed by atoms with van der Waals surface area (Å²) in [6, 6.07) is 9.53. The molecule has 3 heterocycles. The molecule has 3 aromatic rings. The lowest BCUT2D eigenvalue weighted by Crippen LogP contribution is -2.39. The number of halogens is 1. The Morgan fingerprint density at radius 2 is 1.76 bits per heavy atom. The fourth-order valence-corrected chi connectivity index (χ4v) is 5.10. The molecule has 0 spiro atoms. The molecule has 41 heavy (non-hydrogen) atoms. The van der Waals surface area contributed by atoms with Crippen molar-refractivity contribution in [3.63, 3.8) is 0 Å². The smallest absolute Gasteiger partial charge is 0.337 e. The van der Waals surface area contributed by atoms with Gasteiger partial charge in [-0.3, -0.25) is 4.98 Å². The summed E-state index contributed by atoms with van der Waals surface area (Å²) in [5.74, 6) is -1.75. The molecule has 1 saturated heterocycles. The number of hydrogen-bond acceptors (Lipinski definition) is 6. The van der Waals surface area contributed by atoms with Crippen molar-refractivity contribution < 1.29 is 23.8 Å². The number of benzene rings is 1. The number of carboxylic acids is 1. The van der Waals surface area contributed by atoms with E-state index in [1.807, 2.05) is 52.0 Å². The maximum atomic E-state index is 15.3. The summed E-state index contributed by atoms with van der Waals surface area (Å²) in [7, 11) is 0. The van der Waals surface area contributed by atoms with E-state index in [1.54, 1.807) is 19.3 Å². The average Bonchev–Trinajstić information content (AvgIpc) is 2.89. The monoisotopic (exact) mass is 563 g/mol. The average molecular weight is 564 g/mol. The topological polar surface area (TPSA) is 84.8 Å². The third kappa shape index (κ3) is 7.61. The number of nitrogens with zero attached hydrogens (tertiary/aromatic N) is 3. The van der Waals surface area contributed by atoms with Gasteiger partial charge in [0, 0.05) is 54.3 Å². The van der Waals surface area contributed by atoms with Crippen molar-refractivity contribution in [1.29, 1.82) is 0 Å². The van der Waals surface area contributed by atoms with Gasteiger partial charge in [-0.1, -0.05) is 43.7 Å². The summed E-state index contributed by atoms with van der Waals surface area (Å²) in [4.78, 5) is 23.6. The Balaban J connectivity index is 1.71. The highest BCUT2D eigenvalue weighted by atomic mass is 19.1. The molecule has 7 nitrogen and oxygen atoms in total. The van der Waals surface area contributed by atoms with E-state index in [2.05, 4.69) is 28.7 Å². The van der Waals surface area contributed by atoms with Crippen LogP contribution < -0.4 is 9.64 Å². The Bertz CT molecular complexity index is 1370. The standard InChI is InChI=1S/C33H42FN3O4/c1-21-8-10-23(11-9-21)12-17-40-30-26(34)18-24(19-36-30)25-20-35-22(2)27(29(31(38)39)41-32(3,4)5)28(25)37-15-13-33(6,7)14-16-37/h8-11,18-20,29H,12-17H2,1-7H3,(H,38,39)/t29-/m0/s1. The van der Waals surface area contributed by atoms with Crippen LogP contribution in [0.1, 0.15) is 75.9 Å². The number of aliphatic carboxylic acids is 1. The van der Waals surface area contributed by atoms with Gasteiger partial charge in [-0.2, -0.15) is 0 Å². The number of carboxylic acid groups (broad SMARTS) is 1. The minimum atomic E-state index is -1.24. The van der Waals surface area contributed by atoms with E-state index >= 15 is 4.39 Å². The highest BCUT2D eigenvalue weighted by Crippen LogP contribution is 2.43. The summed E-state index contributed by atoms with van der Waals surface area (Å²) >= 11 is 0. The summed E-state index contributed by atoms with van der Waals surface area (Å²) < 4.78 is 27.1. The van der Waals surface area contributed by atoms with Crippen LogP contribution in [0, 0.1) is 25.1 Å². The predicted molar refractivity (Wildman–Crippen MR) is 159 cm³/mol. The third-order valence-corrected chi connectivity index (χ3v) is 7.55. The first-order valence-electron chi connectivity index (χ1n) is 14.2. The van der Waals surface area contributed by atoms with E-state index in [1.165, 1.54) is 11.6 Å². The van der Waals surface area contributed by atoms with Gasteiger partial charge in [0.15, 0.2) is 11.9 Å². The molecule has 1 aliphatic heterocycles. The Hall–Kier alpha value is -3.52. The minimum absolute atomic E-state index is 0.0677. The van der Waals surface area contributed by atoms with Crippen LogP contribution in [0.25, 0.3) is 11.1 Å². The first-order valence-corrected chi connectivity index (χ1v) is 14.2. The number of aryl methyl sites for hydroxylation is 2. The summed E-state index contributed by atoms with van der Waals surface area (Å²) in [5.41, 5.74) is 4.63. The number of hydrogen-bond donors (Lipinski definition) is 1. The zero-order valence-corrected chi connectivity index (χ0v) is 25.3. The van der Waals surface area contributed by atoms with Gasteiger partial charge in [0.1, 0.15) is 0 Å². The molecule has 220 valence electrons. The molecule has 8 heteroatoms. The molecule has 0 unspecified atom stereocenters. The van der Waals surface area contributed by atoms with Crippen molar-refractivity contribution in [3.05, 3.63) is 70.9 Å². The number of anilines is 1.